The van der Waals surface area contributed by atoms with Crippen molar-refractivity contribution >= 4 is 17.4 Å². The SMILES string of the molecule is CC(C)(C)c1ccc(NC(=O)Nc2cnn(CCO)c2)cc1. The van der Waals surface area contributed by atoms with Gasteiger partial charge in [0.15, 0.2) is 0 Å². The Hall–Kier alpha value is -2.34. The van der Waals surface area contributed by atoms with E-state index in [1.807, 2.05) is 24.3 Å². The largest absolute Gasteiger partial charge is 0.394 e. The second-order valence-corrected chi connectivity index (χ2v) is 6.12. The summed E-state index contributed by atoms with van der Waals surface area (Å²) in [5, 5.41) is 18.3. The molecule has 6 heteroatoms. The lowest BCUT2D eigenvalue weighted by Crippen LogP contribution is -2.19. The minimum Gasteiger partial charge on any atom is -0.394 e. The number of hydrogen-bond donors (Lipinski definition) is 3. The van der Waals surface area contributed by atoms with Gasteiger partial charge in [0.05, 0.1) is 25.0 Å². The molecule has 2 aromatic rings. The molecule has 0 spiro atoms. The van der Waals surface area contributed by atoms with Gasteiger partial charge in [-0.25, -0.2) is 4.79 Å². The van der Waals surface area contributed by atoms with Crippen LogP contribution in [-0.4, -0.2) is 27.5 Å². The molecule has 1 aromatic carbocycles. The summed E-state index contributed by atoms with van der Waals surface area (Å²) >= 11 is 0. The lowest BCUT2D eigenvalue weighted by atomic mass is 9.87. The minimum absolute atomic E-state index is 0.00738. The van der Waals surface area contributed by atoms with E-state index in [-0.39, 0.29) is 18.1 Å². The third-order valence-electron chi connectivity index (χ3n) is 3.23. The van der Waals surface area contributed by atoms with Crippen molar-refractivity contribution in [3.05, 3.63) is 42.2 Å². The maximum atomic E-state index is 11.9. The highest BCUT2D eigenvalue weighted by atomic mass is 16.3. The Kier molecular flexibility index (Phi) is 4.82. The first-order chi connectivity index (χ1) is 10.4. The van der Waals surface area contributed by atoms with Crippen molar-refractivity contribution in [1.82, 2.24) is 9.78 Å². The second-order valence-electron chi connectivity index (χ2n) is 6.12. The van der Waals surface area contributed by atoms with Gasteiger partial charge in [-0.15, -0.1) is 0 Å². The van der Waals surface area contributed by atoms with Gasteiger partial charge in [0.2, 0.25) is 0 Å². The van der Waals surface area contributed by atoms with Crippen molar-refractivity contribution in [3.63, 3.8) is 0 Å². The molecule has 0 aliphatic heterocycles. The van der Waals surface area contributed by atoms with Crippen LogP contribution in [0.15, 0.2) is 36.7 Å². The summed E-state index contributed by atoms with van der Waals surface area (Å²) < 4.78 is 1.56. The number of anilines is 2. The first-order valence-corrected chi connectivity index (χ1v) is 7.20. The fraction of sp³-hybridized carbons (Fsp3) is 0.375. The van der Waals surface area contributed by atoms with Crippen LogP contribution >= 0.6 is 0 Å². The van der Waals surface area contributed by atoms with Gasteiger partial charge in [-0.1, -0.05) is 32.9 Å². The van der Waals surface area contributed by atoms with E-state index in [1.54, 1.807) is 10.9 Å². The van der Waals surface area contributed by atoms with Crippen molar-refractivity contribution in [1.29, 1.82) is 0 Å². The molecule has 22 heavy (non-hydrogen) atoms. The molecular weight excluding hydrogens is 280 g/mol. The van der Waals surface area contributed by atoms with Crippen molar-refractivity contribution in [2.45, 2.75) is 32.7 Å². The van der Waals surface area contributed by atoms with Crippen LogP contribution in [0.1, 0.15) is 26.3 Å². The fourth-order valence-corrected chi connectivity index (χ4v) is 2.00. The quantitative estimate of drug-likeness (QED) is 0.812. The zero-order valence-corrected chi connectivity index (χ0v) is 13.1. The third kappa shape index (κ3) is 4.33. The average Bonchev–Trinajstić information content (AvgIpc) is 2.86. The van der Waals surface area contributed by atoms with Crippen LogP contribution in [-0.2, 0) is 12.0 Å². The molecular formula is C16H22N4O2. The number of carbonyl (C=O) groups is 1. The number of rotatable bonds is 4. The van der Waals surface area contributed by atoms with E-state index < -0.39 is 0 Å². The third-order valence-corrected chi connectivity index (χ3v) is 3.23. The number of aliphatic hydroxyl groups excluding tert-OH is 1. The van der Waals surface area contributed by atoms with Gasteiger partial charge in [0.25, 0.3) is 0 Å². The lowest BCUT2D eigenvalue weighted by molar-refractivity contribution is 0.262. The van der Waals surface area contributed by atoms with Crippen molar-refractivity contribution in [2.24, 2.45) is 0 Å². The van der Waals surface area contributed by atoms with E-state index in [0.717, 1.165) is 5.69 Å². The second kappa shape index (κ2) is 6.62. The van der Waals surface area contributed by atoms with Gasteiger partial charge in [0.1, 0.15) is 0 Å². The molecule has 0 aliphatic rings. The Morgan fingerprint density at radius 3 is 2.41 bits per heavy atom. The molecule has 0 aliphatic carbocycles. The predicted octanol–water partition coefficient (Wildman–Crippen LogP) is 2.82. The number of nitrogens with zero attached hydrogens (tertiary/aromatic N) is 2. The molecule has 0 saturated carbocycles. The van der Waals surface area contributed by atoms with Crippen LogP contribution in [0.2, 0.25) is 0 Å². The van der Waals surface area contributed by atoms with Gasteiger partial charge in [0, 0.05) is 11.9 Å². The Bertz CT molecular complexity index is 626. The van der Waals surface area contributed by atoms with Crippen LogP contribution < -0.4 is 10.6 Å². The van der Waals surface area contributed by atoms with Crippen LogP contribution in [0.25, 0.3) is 0 Å². The summed E-state index contributed by atoms with van der Waals surface area (Å²) in [6.45, 7) is 6.84. The predicted molar refractivity (Wildman–Crippen MR) is 87.1 cm³/mol. The summed E-state index contributed by atoms with van der Waals surface area (Å²) in [6.07, 6.45) is 3.20. The number of nitrogens with one attached hydrogen (secondary N) is 2. The zero-order valence-electron chi connectivity index (χ0n) is 13.1. The van der Waals surface area contributed by atoms with Crippen LogP contribution in [0.4, 0.5) is 16.2 Å². The highest BCUT2D eigenvalue weighted by molar-refractivity contribution is 5.99. The number of carbonyl (C=O) groups excluding carboxylic acids is 1. The first kappa shape index (κ1) is 16.0. The maximum Gasteiger partial charge on any atom is 0.323 e. The molecule has 1 heterocycles. The number of hydrogen-bond acceptors (Lipinski definition) is 3. The Balaban J connectivity index is 1.93. The smallest absolute Gasteiger partial charge is 0.323 e. The van der Waals surface area contributed by atoms with Gasteiger partial charge >= 0.3 is 6.03 Å². The normalized spacial score (nSPS) is 11.3. The number of aliphatic hydroxyl groups is 1. The van der Waals surface area contributed by atoms with E-state index in [9.17, 15) is 4.79 Å². The minimum atomic E-state index is -0.327. The summed E-state index contributed by atoms with van der Waals surface area (Å²) in [4.78, 5) is 11.9. The molecule has 0 fully saturated rings. The summed E-state index contributed by atoms with van der Waals surface area (Å²) in [5.74, 6) is 0. The molecule has 6 nitrogen and oxygen atoms in total. The molecule has 2 rings (SSSR count). The number of amides is 2. The summed E-state index contributed by atoms with van der Waals surface area (Å²) in [5.41, 5.74) is 2.61. The molecule has 118 valence electrons. The van der Waals surface area contributed by atoms with Gasteiger partial charge in [-0.2, -0.15) is 5.10 Å². The van der Waals surface area contributed by atoms with Gasteiger partial charge in [-0.3, -0.25) is 4.68 Å². The summed E-state index contributed by atoms with van der Waals surface area (Å²) in [6, 6.07) is 7.46. The standard InChI is InChI=1S/C16H22N4O2/c1-16(2,3)12-4-6-13(7-5-12)18-15(22)19-14-10-17-20(11-14)8-9-21/h4-7,10-11,21H,8-9H2,1-3H3,(H2,18,19,22). The van der Waals surface area contributed by atoms with E-state index in [1.165, 1.54) is 11.8 Å². The van der Waals surface area contributed by atoms with Crippen LogP contribution in [0.3, 0.4) is 0 Å². The Morgan fingerprint density at radius 1 is 1.18 bits per heavy atom. The van der Waals surface area contributed by atoms with Crippen LogP contribution in [0, 0.1) is 0 Å². The molecule has 0 atom stereocenters. The molecule has 0 saturated heterocycles. The average molecular weight is 302 g/mol. The van der Waals surface area contributed by atoms with E-state index in [2.05, 4.69) is 36.5 Å². The Labute approximate surface area is 130 Å². The van der Waals surface area contributed by atoms with Crippen molar-refractivity contribution < 1.29 is 9.90 Å². The first-order valence-electron chi connectivity index (χ1n) is 7.20. The Morgan fingerprint density at radius 2 is 1.82 bits per heavy atom. The maximum absolute atomic E-state index is 11.9. The van der Waals surface area contributed by atoms with E-state index in [4.69, 9.17) is 5.11 Å². The van der Waals surface area contributed by atoms with Gasteiger partial charge in [-0.05, 0) is 23.1 Å². The lowest BCUT2D eigenvalue weighted by Gasteiger charge is -2.19. The molecule has 0 bridgehead atoms. The fourth-order valence-electron chi connectivity index (χ4n) is 2.00. The van der Waals surface area contributed by atoms with Gasteiger partial charge < -0.3 is 15.7 Å². The van der Waals surface area contributed by atoms with Crippen molar-refractivity contribution in [3.8, 4) is 0 Å². The molecule has 0 radical (unpaired) electrons. The zero-order chi connectivity index (χ0) is 16.2. The number of aromatic nitrogens is 2. The van der Waals surface area contributed by atoms with E-state index >= 15 is 0 Å². The molecule has 3 N–H and O–H groups in total. The highest BCUT2D eigenvalue weighted by Crippen LogP contribution is 2.23. The molecule has 0 unspecified atom stereocenters. The van der Waals surface area contributed by atoms with E-state index in [0.29, 0.717) is 12.2 Å². The number of benzene rings is 1. The monoisotopic (exact) mass is 302 g/mol. The topological polar surface area (TPSA) is 79.2 Å². The highest BCUT2D eigenvalue weighted by Gasteiger charge is 2.13. The number of urea groups is 1. The summed E-state index contributed by atoms with van der Waals surface area (Å²) in [7, 11) is 0. The molecule has 2 amide bonds. The van der Waals surface area contributed by atoms with Crippen LogP contribution in [0.5, 0.6) is 0 Å². The molecule has 1 aromatic heterocycles. The van der Waals surface area contributed by atoms with Crippen molar-refractivity contribution in [2.75, 3.05) is 17.2 Å².